The van der Waals surface area contributed by atoms with Gasteiger partial charge in [-0.05, 0) is 73.8 Å². The number of amides is 1. The van der Waals surface area contributed by atoms with Crippen LogP contribution in [0, 0.1) is 18.8 Å². The quantitative estimate of drug-likeness (QED) is 0.469. The summed E-state index contributed by atoms with van der Waals surface area (Å²) >= 11 is 1.84. The fourth-order valence-corrected chi connectivity index (χ4v) is 5.31. The van der Waals surface area contributed by atoms with Crippen LogP contribution in [0.3, 0.4) is 0 Å². The van der Waals surface area contributed by atoms with E-state index in [1.807, 2.05) is 23.9 Å². The van der Waals surface area contributed by atoms with E-state index in [0.29, 0.717) is 13.2 Å². The predicted molar refractivity (Wildman–Crippen MR) is 124 cm³/mol. The molecule has 1 aliphatic heterocycles. The van der Waals surface area contributed by atoms with Gasteiger partial charge in [-0.25, -0.2) is 4.98 Å². The number of halogens is 3. The third-order valence-corrected chi connectivity index (χ3v) is 7.58. The van der Waals surface area contributed by atoms with Gasteiger partial charge in [0.2, 0.25) is 5.88 Å². The molecule has 0 spiro atoms. The maximum atomic E-state index is 13.3. The third kappa shape index (κ3) is 6.05. The van der Waals surface area contributed by atoms with Gasteiger partial charge in [0.05, 0.1) is 13.2 Å². The number of nitrogens with zero attached hydrogens (tertiary/aromatic N) is 1. The minimum atomic E-state index is -4.63. The summed E-state index contributed by atoms with van der Waals surface area (Å²) in [6, 6.07) is 8.80. The first-order chi connectivity index (χ1) is 16.3. The number of pyridine rings is 1. The molecule has 1 saturated carbocycles. The van der Waals surface area contributed by atoms with Crippen molar-refractivity contribution in [3.05, 3.63) is 52.7 Å². The Morgan fingerprint density at radius 2 is 1.88 bits per heavy atom. The van der Waals surface area contributed by atoms with Gasteiger partial charge in [-0.15, -0.1) is 11.8 Å². The molecule has 5 nitrogen and oxygen atoms in total. The summed E-state index contributed by atoms with van der Waals surface area (Å²) in [5.74, 6) is 1.27. The highest BCUT2D eigenvalue weighted by atomic mass is 32.2. The Bertz CT molecular complexity index is 1000. The van der Waals surface area contributed by atoms with E-state index in [4.69, 9.17) is 9.47 Å². The number of benzene rings is 1. The number of methoxy groups -OCH3 is 1. The number of nitrogens with one attached hydrogen (secondary N) is 1. The highest BCUT2D eigenvalue weighted by Crippen LogP contribution is 2.37. The van der Waals surface area contributed by atoms with Crippen molar-refractivity contribution < 1.29 is 27.4 Å². The van der Waals surface area contributed by atoms with Crippen molar-refractivity contribution in [2.24, 2.45) is 11.8 Å². The Labute approximate surface area is 201 Å². The number of alkyl halides is 3. The number of aromatic nitrogens is 1. The van der Waals surface area contributed by atoms with Crippen LogP contribution in [0.5, 0.6) is 5.88 Å². The molecule has 1 aliphatic carbocycles. The van der Waals surface area contributed by atoms with Gasteiger partial charge in [-0.1, -0.05) is 12.1 Å². The lowest BCUT2D eigenvalue weighted by molar-refractivity contribution is -0.141. The van der Waals surface area contributed by atoms with Gasteiger partial charge < -0.3 is 14.8 Å². The number of hydrogen-bond acceptors (Lipinski definition) is 5. The van der Waals surface area contributed by atoms with Crippen molar-refractivity contribution in [2.75, 3.05) is 26.1 Å². The Morgan fingerprint density at radius 1 is 1.21 bits per heavy atom. The molecule has 1 aromatic heterocycles. The molecular weight excluding hydrogens is 465 g/mol. The van der Waals surface area contributed by atoms with Crippen LogP contribution in [0.1, 0.15) is 58.9 Å². The number of hydrogen-bond donors (Lipinski definition) is 1. The zero-order chi connectivity index (χ0) is 24.3. The topological polar surface area (TPSA) is 60.5 Å². The van der Waals surface area contributed by atoms with Gasteiger partial charge >= 0.3 is 6.18 Å². The molecule has 2 fully saturated rings. The van der Waals surface area contributed by atoms with Crippen LogP contribution in [0.2, 0.25) is 0 Å². The fourth-order valence-electron chi connectivity index (χ4n) is 4.22. The number of thioether (sulfide) groups is 1. The van der Waals surface area contributed by atoms with Crippen molar-refractivity contribution in [1.29, 1.82) is 0 Å². The van der Waals surface area contributed by atoms with Gasteiger partial charge in [-0.2, -0.15) is 13.2 Å². The van der Waals surface area contributed by atoms with Crippen LogP contribution in [0.15, 0.2) is 35.2 Å². The molecule has 1 unspecified atom stereocenters. The van der Waals surface area contributed by atoms with Crippen molar-refractivity contribution >= 4 is 17.7 Å². The maximum Gasteiger partial charge on any atom is 0.433 e. The van der Waals surface area contributed by atoms with Crippen molar-refractivity contribution in [3.63, 3.8) is 0 Å². The minimum absolute atomic E-state index is 0.0177. The Hall–Kier alpha value is -2.26. The summed E-state index contributed by atoms with van der Waals surface area (Å²) in [4.78, 5) is 18.1. The van der Waals surface area contributed by atoms with Crippen LogP contribution in [0.4, 0.5) is 13.2 Å². The van der Waals surface area contributed by atoms with E-state index in [1.54, 1.807) is 0 Å². The lowest BCUT2D eigenvalue weighted by Crippen LogP contribution is -2.36. The first kappa shape index (κ1) is 24.9. The summed E-state index contributed by atoms with van der Waals surface area (Å²) in [6.45, 7) is 2.68. The smallest absolute Gasteiger partial charge is 0.433 e. The highest BCUT2D eigenvalue weighted by Gasteiger charge is 2.36. The van der Waals surface area contributed by atoms with Gasteiger partial charge in [-0.3, -0.25) is 4.79 Å². The largest absolute Gasteiger partial charge is 0.480 e. The number of carbonyl (C=O) groups excluding carboxylic acids is 1. The molecule has 1 N–H and O–H groups in total. The molecule has 184 valence electrons. The Kier molecular flexibility index (Phi) is 7.72. The predicted octanol–water partition coefficient (Wildman–Crippen LogP) is 5.82. The molecule has 2 heterocycles. The number of ether oxygens (including phenoxy) is 2. The third-order valence-electron chi connectivity index (χ3n) is 6.34. The maximum absolute atomic E-state index is 13.3. The van der Waals surface area contributed by atoms with Gasteiger partial charge in [0.25, 0.3) is 5.91 Å². The van der Waals surface area contributed by atoms with E-state index in [2.05, 4.69) is 22.4 Å². The van der Waals surface area contributed by atoms with Crippen molar-refractivity contribution in [3.8, 4) is 5.88 Å². The molecule has 1 amide bonds. The van der Waals surface area contributed by atoms with Gasteiger partial charge in [0.1, 0.15) is 11.3 Å². The Morgan fingerprint density at radius 3 is 2.47 bits per heavy atom. The van der Waals surface area contributed by atoms with Crippen LogP contribution in [-0.4, -0.2) is 37.0 Å². The summed E-state index contributed by atoms with van der Waals surface area (Å²) in [5.41, 5.74) is 0.0598. The second kappa shape index (κ2) is 10.6. The lowest BCUT2D eigenvalue weighted by Gasteiger charge is -2.31. The summed E-state index contributed by atoms with van der Waals surface area (Å²) < 4.78 is 50.2. The van der Waals surface area contributed by atoms with Crippen LogP contribution in [0.25, 0.3) is 0 Å². The zero-order valence-electron chi connectivity index (χ0n) is 19.3. The second-order valence-corrected chi connectivity index (χ2v) is 10.0. The van der Waals surface area contributed by atoms with E-state index >= 15 is 0 Å². The second-order valence-electron chi connectivity index (χ2n) is 8.93. The van der Waals surface area contributed by atoms with Gasteiger partial charge in [0, 0.05) is 23.9 Å². The molecular formula is C25H29F3N2O3S. The fraction of sp³-hybridized carbons (Fsp3) is 0.520. The van der Waals surface area contributed by atoms with Crippen LogP contribution >= 0.6 is 11.8 Å². The molecule has 34 heavy (non-hydrogen) atoms. The monoisotopic (exact) mass is 494 g/mol. The van der Waals surface area contributed by atoms with E-state index in [-0.39, 0.29) is 29.0 Å². The normalized spacial score (nSPS) is 17.9. The highest BCUT2D eigenvalue weighted by molar-refractivity contribution is 7.99. The molecule has 1 aromatic carbocycles. The first-order valence-corrected chi connectivity index (χ1v) is 12.5. The number of rotatable bonds is 8. The van der Waals surface area contributed by atoms with E-state index < -0.39 is 17.8 Å². The molecule has 2 aromatic rings. The summed E-state index contributed by atoms with van der Waals surface area (Å²) in [7, 11) is 1.21. The average Bonchev–Trinajstić information content (AvgIpc) is 3.65. The van der Waals surface area contributed by atoms with Crippen LogP contribution < -0.4 is 10.1 Å². The zero-order valence-corrected chi connectivity index (χ0v) is 20.1. The molecule has 0 bridgehead atoms. The Balaban J connectivity index is 1.58. The SMILES string of the molecule is COc1nc(C(F)(F)F)cc(C)c1C(=O)NC(c1ccc(SCC2CC2)cc1)C1CCOCC1. The van der Waals surface area contributed by atoms with Crippen LogP contribution in [-0.2, 0) is 10.9 Å². The molecule has 2 aliphatic rings. The molecule has 1 saturated heterocycles. The van der Waals surface area contributed by atoms with Gasteiger partial charge in [0.15, 0.2) is 0 Å². The van der Waals surface area contributed by atoms with E-state index in [1.165, 1.54) is 31.8 Å². The van der Waals surface area contributed by atoms with E-state index in [9.17, 15) is 18.0 Å². The molecule has 1 atom stereocenters. The van der Waals surface area contributed by atoms with E-state index in [0.717, 1.165) is 36.1 Å². The average molecular weight is 495 g/mol. The standard InChI is InChI=1S/C25H29F3N2O3S/c1-15-13-20(25(26,27)28)29-24(32-2)21(15)23(31)30-22(18-9-11-33-12-10-18)17-5-7-19(8-6-17)34-14-16-3-4-16/h5-8,13,16,18,22H,3-4,9-12,14H2,1-2H3,(H,30,31). The lowest BCUT2D eigenvalue weighted by atomic mass is 9.86. The summed E-state index contributed by atoms with van der Waals surface area (Å²) in [5, 5.41) is 3.07. The van der Waals surface area contributed by atoms with Crippen molar-refractivity contribution in [2.45, 2.75) is 49.7 Å². The number of aryl methyl sites for hydroxylation is 1. The molecule has 0 radical (unpaired) electrons. The first-order valence-electron chi connectivity index (χ1n) is 11.5. The van der Waals surface area contributed by atoms with Crippen molar-refractivity contribution in [1.82, 2.24) is 10.3 Å². The number of carbonyl (C=O) groups is 1. The minimum Gasteiger partial charge on any atom is -0.480 e. The molecule has 9 heteroatoms. The molecule has 4 rings (SSSR count). The summed E-state index contributed by atoms with van der Waals surface area (Å²) in [6.07, 6.45) is -0.443.